The Labute approximate surface area is 123 Å². The first kappa shape index (κ1) is 15.8. The van der Waals surface area contributed by atoms with Gasteiger partial charge >= 0.3 is 0 Å². The molecule has 0 aromatic heterocycles. The van der Waals surface area contributed by atoms with E-state index in [1.165, 1.54) is 0 Å². The van der Waals surface area contributed by atoms with Crippen LogP contribution >= 0.6 is 0 Å². The average molecular weight is 282 g/mol. The van der Waals surface area contributed by atoms with Crippen LogP contribution in [0.25, 0.3) is 0 Å². The van der Waals surface area contributed by atoms with E-state index in [1.807, 2.05) is 4.90 Å². The Morgan fingerprint density at radius 2 is 1.75 bits per heavy atom. The highest BCUT2D eigenvalue weighted by Gasteiger charge is 2.26. The lowest BCUT2D eigenvalue weighted by Crippen LogP contribution is -2.46. The van der Waals surface area contributed by atoms with Crippen LogP contribution in [0.3, 0.4) is 0 Å². The van der Waals surface area contributed by atoms with E-state index in [1.54, 1.807) is 0 Å². The summed E-state index contributed by atoms with van der Waals surface area (Å²) < 4.78 is 0. The molecule has 1 aliphatic heterocycles. The number of aliphatic hydroxyl groups excluding tert-OH is 1. The van der Waals surface area contributed by atoms with Crippen LogP contribution < -0.4 is 0 Å². The van der Waals surface area contributed by atoms with Gasteiger partial charge < -0.3 is 10.0 Å². The Balaban J connectivity index is 1.73. The minimum absolute atomic E-state index is 0.295. The van der Waals surface area contributed by atoms with Gasteiger partial charge in [0.15, 0.2) is 0 Å². The molecule has 0 radical (unpaired) electrons. The van der Waals surface area contributed by atoms with Crippen molar-refractivity contribution in [3.63, 3.8) is 0 Å². The van der Waals surface area contributed by atoms with Crippen molar-refractivity contribution in [1.29, 1.82) is 0 Å². The molecule has 2 rings (SSSR count). The van der Waals surface area contributed by atoms with E-state index in [0.29, 0.717) is 31.0 Å². The Hall–Kier alpha value is -0.610. The van der Waals surface area contributed by atoms with Crippen molar-refractivity contribution in [3.05, 3.63) is 0 Å². The number of likely N-dealkylation sites (N-methyl/N-ethyl adjacent to an activating group) is 1. The first-order chi connectivity index (χ1) is 9.60. The van der Waals surface area contributed by atoms with E-state index in [-0.39, 0.29) is 0 Å². The van der Waals surface area contributed by atoms with Crippen LogP contribution in [-0.4, -0.2) is 60.1 Å². The Morgan fingerprint density at radius 3 is 2.30 bits per heavy atom. The van der Waals surface area contributed by atoms with Gasteiger partial charge in [-0.1, -0.05) is 6.92 Å². The van der Waals surface area contributed by atoms with Crippen molar-refractivity contribution < 1.29 is 9.90 Å². The van der Waals surface area contributed by atoms with Gasteiger partial charge in [0.2, 0.25) is 5.91 Å². The highest BCUT2D eigenvalue weighted by Crippen LogP contribution is 2.26. The lowest BCUT2D eigenvalue weighted by atomic mass is 9.86. The Morgan fingerprint density at radius 1 is 1.15 bits per heavy atom. The highest BCUT2D eigenvalue weighted by atomic mass is 16.3. The van der Waals surface area contributed by atoms with Crippen molar-refractivity contribution in [2.24, 2.45) is 11.8 Å². The van der Waals surface area contributed by atoms with Crippen molar-refractivity contribution >= 4 is 5.91 Å². The summed E-state index contributed by atoms with van der Waals surface area (Å²) in [5.41, 5.74) is 0. The quantitative estimate of drug-likeness (QED) is 0.854. The Bertz CT molecular complexity index is 306. The van der Waals surface area contributed by atoms with E-state index < -0.39 is 0 Å². The zero-order chi connectivity index (χ0) is 14.5. The van der Waals surface area contributed by atoms with E-state index in [2.05, 4.69) is 18.9 Å². The lowest BCUT2D eigenvalue weighted by Gasteiger charge is -2.36. The molecule has 1 amide bonds. The predicted octanol–water partition coefficient (Wildman–Crippen LogP) is 1.73. The fraction of sp³-hybridized carbons (Fsp3) is 0.938. The number of hydrogen-bond acceptors (Lipinski definition) is 3. The van der Waals surface area contributed by atoms with E-state index >= 15 is 0 Å². The molecule has 1 aliphatic carbocycles. The number of aliphatic hydroxyl groups is 1. The van der Waals surface area contributed by atoms with Crippen LogP contribution in [0.4, 0.5) is 0 Å². The molecule has 0 aromatic carbocycles. The molecule has 1 N–H and O–H groups in total. The summed E-state index contributed by atoms with van der Waals surface area (Å²) in [6.45, 7) is 5.02. The third-order valence-corrected chi connectivity index (χ3v) is 5.22. The van der Waals surface area contributed by atoms with Crippen LogP contribution in [0.1, 0.15) is 45.4 Å². The molecule has 4 heteroatoms. The van der Waals surface area contributed by atoms with Crippen LogP contribution in [-0.2, 0) is 4.79 Å². The smallest absolute Gasteiger partial charge is 0.236 e. The molecule has 2 aliphatic rings. The molecule has 0 aromatic rings. The van der Waals surface area contributed by atoms with Crippen molar-refractivity contribution in [1.82, 2.24) is 9.80 Å². The van der Waals surface area contributed by atoms with Gasteiger partial charge in [-0.2, -0.15) is 0 Å². The average Bonchev–Trinajstić information content (AvgIpc) is 2.48. The largest absolute Gasteiger partial charge is 0.396 e. The molecular weight excluding hydrogens is 252 g/mol. The maximum Gasteiger partial charge on any atom is 0.236 e. The van der Waals surface area contributed by atoms with Crippen molar-refractivity contribution in [3.8, 4) is 0 Å². The van der Waals surface area contributed by atoms with Crippen LogP contribution in [0.2, 0.25) is 0 Å². The van der Waals surface area contributed by atoms with E-state index in [0.717, 1.165) is 57.5 Å². The van der Waals surface area contributed by atoms with Gasteiger partial charge in [0.25, 0.3) is 0 Å². The molecule has 0 spiro atoms. The fourth-order valence-electron chi connectivity index (χ4n) is 3.47. The fourth-order valence-corrected chi connectivity index (χ4v) is 3.47. The second-order valence-corrected chi connectivity index (χ2v) is 6.84. The zero-order valence-corrected chi connectivity index (χ0v) is 13.1. The van der Waals surface area contributed by atoms with Gasteiger partial charge in [-0.3, -0.25) is 9.69 Å². The SMILES string of the molecule is CC1CCN(C(=O)CN(C)C2CCC(CO)CC2)CC1. The summed E-state index contributed by atoms with van der Waals surface area (Å²) in [7, 11) is 2.08. The number of piperidine rings is 1. The first-order valence-corrected chi connectivity index (χ1v) is 8.19. The topological polar surface area (TPSA) is 43.8 Å². The first-order valence-electron chi connectivity index (χ1n) is 8.19. The molecule has 1 saturated heterocycles. The molecule has 2 fully saturated rings. The molecule has 0 bridgehead atoms. The predicted molar refractivity (Wildman–Crippen MR) is 80.4 cm³/mol. The lowest BCUT2D eigenvalue weighted by molar-refractivity contribution is -0.134. The molecule has 0 unspecified atom stereocenters. The van der Waals surface area contributed by atoms with Crippen LogP contribution in [0.5, 0.6) is 0 Å². The number of likely N-dealkylation sites (tertiary alicyclic amines) is 1. The standard InChI is InChI=1S/C16H30N2O2/c1-13-7-9-18(10-8-13)16(20)11-17(2)15-5-3-14(12-19)4-6-15/h13-15,19H,3-12H2,1-2H3. The molecule has 20 heavy (non-hydrogen) atoms. The summed E-state index contributed by atoms with van der Waals surface area (Å²) in [6.07, 6.45) is 6.73. The number of rotatable bonds is 4. The summed E-state index contributed by atoms with van der Waals surface area (Å²) >= 11 is 0. The number of carbonyl (C=O) groups is 1. The van der Waals surface area contributed by atoms with Gasteiger partial charge in [-0.25, -0.2) is 0 Å². The minimum atomic E-state index is 0.295. The van der Waals surface area contributed by atoms with E-state index in [4.69, 9.17) is 0 Å². The third-order valence-electron chi connectivity index (χ3n) is 5.22. The van der Waals surface area contributed by atoms with Crippen molar-refractivity contribution in [2.75, 3.05) is 33.3 Å². The number of nitrogens with zero attached hydrogens (tertiary/aromatic N) is 2. The maximum atomic E-state index is 12.3. The number of amides is 1. The number of carbonyl (C=O) groups excluding carboxylic acids is 1. The summed E-state index contributed by atoms with van der Waals surface area (Å²) in [4.78, 5) is 16.6. The molecular formula is C16H30N2O2. The molecule has 1 heterocycles. The normalized spacial score (nSPS) is 28.9. The van der Waals surface area contributed by atoms with Gasteiger partial charge in [0.1, 0.15) is 0 Å². The summed E-state index contributed by atoms with van der Waals surface area (Å²) in [5.74, 6) is 1.55. The monoisotopic (exact) mass is 282 g/mol. The minimum Gasteiger partial charge on any atom is -0.396 e. The second-order valence-electron chi connectivity index (χ2n) is 6.84. The zero-order valence-electron chi connectivity index (χ0n) is 13.1. The van der Waals surface area contributed by atoms with Gasteiger partial charge in [-0.05, 0) is 57.4 Å². The summed E-state index contributed by atoms with van der Waals surface area (Å²) in [6, 6.07) is 0.519. The second kappa shape index (κ2) is 7.41. The van der Waals surface area contributed by atoms with Crippen LogP contribution in [0.15, 0.2) is 0 Å². The van der Waals surface area contributed by atoms with Crippen LogP contribution in [0, 0.1) is 11.8 Å². The molecule has 4 nitrogen and oxygen atoms in total. The highest BCUT2D eigenvalue weighted by molar-refractivity contribution is 5.78. The molecule has 1 saturated carbocycles. The van der Waals surface area contributed by atoms with E-state index in [9.17, 15) is 9.90 Å². The maximum absolute atomic E-state index is 12.3. The molecule has 0 atom stereocenters. The Kier molecular flexibility index (Phi) is 5.85. The van der Waals surface area contributed by atoms with Crippen molar-refractivity contribution in [2.45, 2.75) is 51.5 Å². The van der Waals surface area contributed by atoms with Gasteiger partial charge in [0.05, 0.1) is 6.54 Å². The number of hydrogen-bond donors (Lipinski definition) is 1. The third kappa shape index (κ3) is 4.19. The van der Waals surface area contributed by atoms with Gasteiger partial charge in [0, 0.05) is 25.7 Å². The van der Waals surface area contributed by atoms with Gasteiger partial charge in [-0.15, -0.1) is 0 Å². The molecule has 116 valence electrons. The summed E-state index contributed by atoms with van der Waals surface area (Å²) in [5, 5.41) is 9.18.